The average molecular weight is 734 g/mol. The molecule has 0 saturated carbocycles. The van der Waals surface area contributed by atoms with Crippen LogP contribution in [0.15, 0.2) is 192 Å². The predicted molar refractivity (Wildman–Crippen MR) is 233 cm³/mol. The molecule has 0 aliphatic carbocycles. The van der Waals surface area contributed by atoms with Crippen molar-refractivity contribution < 1.29 is 4.42 Å². The molecule has 11 rings (SSSR count). The van der Waals surface area contributed by atoms with Gasteiger partial charge < -0.3 is 4.42 Å². The van der Waals surface area contributed by atoms with E-state index in [1.165, 1.54) is 31.3 Å². The topological polar surface area (TPSA) is 51.8 Å². The van der Waals surface area contributed by atoms with Crippen LogP contribution in [-0.4, -0.2) is 15.0 Å². The molecular weight excluding hydrogens is 703 g/mol. The molecule has 0 amide bonds. The van der Waals surface area contributed by atoms with E-state index < -0.39 is 0 Å². The molecule has 0 fully saturated rings. The second-order valence-corrected chi connectivity index (χ2v) is 15.1. The van der Waals surface area contributed by atoms with Gasteiger partial charge in [0.2, 0.25) is 0 Å². The lowest BCUT2D eigenvalue weighted by atomic mass is 9.94. The molecular formula is C51H31N3OS. The van der Waals surface area contributed by atoms with E-state index >= 15 is 0 Å². The fourth-order valence-electron chi connectivity index (χ4n) is 7.75. The lowest BCUT2D eigenvalue weighted by Gasteiger charge is -2.12. The number of thiophene rings is 1. The van der Waals surface area contributed by atoms with Crippen molar-refractivity contribution in [1.29, 1.82) is 0 Å². The summed E-state index contributed by atoms with van der Waals surface area (Å²) in [6.45, 7) is 0. The maximum Gasteiger partial charge on any atom is 0.164 e. The van der Waals surface area contributed by atoms with Gasteiger partial charge in [-0.25, -0.2) is 15.0 Å². The summed E-state index contributed by atoms with van der Waals surface area (Å²) in [6, 6.07) is 65.7. The number of para-hydroxylation sites is 1. The molecule has 0 aliphatic heterocycles. The van der Waals surface area contributed by atoms with Crippen LogP contribution in [-0.2, 0) is 0 Å². The number of rotatable bonds is 6. The molecule has 8 aromatic carbocycles. The van der Waals surface area contributed by atoms with Crippen LogP contribution in [0.2, 0.25) is 0 Å². The fraction of sp³-hybridized carbons (Fsp3) is 0. The third-order valence-electron chi connectivity index (χ3n) is 10.6. The molecule has 0 atom stereocenters. The molecule has 262 valence electrons. The number of hydrogen-bond acceptors (Lipinski definition) is 5. The Morgan fingerprint density at radius 3 is 1.55 bits per heavy atom. The zero-order chi connectivity index (χ0) is 37.0. The van der Waals surface area contributed by atoms with Gasteiger partial charge in [-0.2, -0.15) is 0 Å². The van der Waals surface area contributed by atoms with E-state index in [0.717, 1.165) is 60.9 Å². The predicted octanol–water partition coefficient (Wildman–Crippen LogP) is 14.1. The molecule has 0 saturated heterocycles. The zero-order valence-corrected chi connectivity index (χ0v) is 30.9. The number of nitrogens with zero attached hydrogens (tertiary/aromatic N) is 3. The first-order valence-corrected chi connectivity index (χ1v) is 19.5. The first-order valence-electron chi connectivity index (χ1n) is 18.7. The second kappa shape index (κ2) is 13.3. The van der Waals surface area contributed by atoms with E-state index in [2.05, 4.69) is 140 Å². The molecule has 0 N–H and O–H groups in total. The van der Waals surface area contributed by atoms with Crippen molar-refractivity contribution in [1.82, 2.24) is 15.0 Å². The second-order valence-electron chi connectivity index (χ2n) is 14.0. The Labute approximate surface area is 327 Å². The SMILES string of the molecule is c1ccc(-c2ccc(-c3nc(-c4ccccc4)nc(-c4cc(-c5ccc(-c6ccc7sc8ccccc8c7c6)cc5)c5c(c4)oc4ccccc45)n3)cc2)cc1. The number of furan rings is 1. The normalized spacial score (nSPS) is 11.6. The molecule has 0 aliphatic rings. The smallest absolute Gasteiger partial charge is 0.164 e. The van der Waals surface area contributed by atoms with Crippen LogP contribution in [0.3, 0.4) is 0 Å². The Balaban J connectivity index is 1.05. The number of fused-ring (bicyclic) bond motifs is 6. The van der Waals surface area contributed by atoms with Crippen LogP contribution < -0.4 is 0 Å². The van der Waals surface area contributed by atoms with Gasteiger partial charge in [0.15, 0.2) is 17.5 Å². The summed E-state index contributed by atoms with van der Waals surface area (Å²) in [6.07, 6.45) is 0. The summed E-state index contributed by atoms with van der Waals surface area (Å²) in [5, 5.41) is 4.74. The van der Waals surface area contributed by atoms with E-state index in [1.807, 2.05) is 59.9 Å². The summed E-state index contributed by atoms with van der Waals surface area (Å²) in [7, 11) is 0. The van der Waals surface area contributed by atoms with E-state index in [9.17, 15) is 0 Å². The fourth-order valence-corrected chi connectivity index (χ4v) is 8.84. The van der Waals surface area contributed by atoms with E-state index in [0.29, 0.717) is 17.5 Å². The molecule has 4 nitrogen and oxygen atoms in total. The number of hydrogen-bond donors (Lipinski definition) is 0. The Hall–Kier alpha value is -7.21. The molecule has 0 spiro atoms. The van der Waals surface area contributed by atoms with Crippen molar-refractivity contribution >= 4 is 53.4 Å². The lowest BCUT2D eigenvalue weighted by Crippen LogP contribution is -2.00. The van der Waals surface area contributed by atoms with Gasteiger partial charge in [0.05, 0.1) is 0 Å². The van der Waals surface area contributed by atoms with Crippen LogP contribution in [0.1, 0.15) is 0 Å². The van der Waals surface area contributed by atoms with Crippen molar-refractivity contribution in [2.45, 2.75) is 0 Å². The van der Waals surface area contributed by atoms with Crippen LogP contribution in [0.25, 0.3) is 110 Å². The Bertz CT molecular complexity index is 3220. The van der Waals surface area contributed by atoms with Crippen LogP contribution in [0, 0.1) is 0 Å². The highest BCUT2D eigenvalue weighted by atomic mass is 32.1. The third kappa shape index (κ3) is 5.65. The minimum atomic E-state index is 0.581. The highest BCUT2D eigenvalue weighted by Gasteiger charge is 2.19. The summed E-state index contributed by atoms with van der Waals surface area (Å²) >= 11 is 1.84. The molecule has 3 aromatic heterocycles. The van der Waals surface area contributed by atoms with Crippen molar-refractivity contribution in [3.8, 4) is 67.5 Å². The molecule has 56 heavy (non-hydrogen) atoms. The van der Waals surface area contributed by atoms with Gasteiger partial charge in [0.25, 0.3) is 0 Å². The van der Waals surface area contributed by atoms with Crippen molar-refractivity contribution in [3.63, 3.8) is 0 Å². The van der Waals surface area contributed by atoms with Gasteiger partial charge in [-0.05, 0) is 69.8 Å². The molecule has 3 heterocycles. The highest BCUT2D eigenvalue weighted by molar-refractivity contribution is 7.25. The van der Waals surface area contributed by atoms with Crippen LogP contribution >= 0.6 is 11.3 Å². The third-order valence-corrected chi connectivity index (χ3v) is 11.7. The Morgan fingerprint density at radius 2 is 0.821 bits per heavy atom. The monoisotopic (exact) mass is 733 g/mol. The average Bonchev–Trinajstić information content (AvgIpc) is 3.85. The number of benzene rings is 8. The highest BCUT2D eigenvalue weighted by Crippen LogP contribution is 2.41. The zero-order valence-electron chi connectivity index (χ0n) is 30.1. The summed E-state index contributed by atoms with van der Waals surface area (Å²) < 4.78 is 9.17. The molecule has 0 radical (unpaired) electrons. The minimum absolute atomic E-state index is 0.581. The first kappa shape index (κ1) is 32.2. The largest absolute Gasteiger partial charge is 0.456 e. The molecule has 0 unspecified atom stereocenters. The number of aromatic nitrogens is 3. The van der Waals surface area contributed by atoms with Gasteiger partial charge in [-0.15, -0.1) is 11.3 Å². The van der Waals surface area contributed by atoms with Gasteiger partial charge in [-0.3, -0.25) is 0 Å². The Kier molecular flexibility index (Phi) is 7.64. The molecule has 11 aromatic rings. The maximum atomic E-state index is 6.55. The van der Waals surface area contributed by atoms with E-state index in [-0.39, 0.29) is 0 Å². The van der Waals surface area contributed by atoms with E-state index in [4.69, 9.17) is 19.4 Å². The molecule has 5 heteroatoms. The summed E-state index contributed by atoms with van der Waals surface area (Å²) in [4.78, 5) is 15.2. The minimum Gasteiger partial charge on any atom is -0.456 e. The lowest BCUT2D eigenvalue weighted by molar-refractivity contribution is 0.669. The van der Waals surface area contributed by atoms with Gasteiger partial charge >= 0.3 is 0 Å². The van der Waals surface area contributed by atoms with Crippen LogP contribution in [0.5, 0.6) is 0 Å². The van der Waals surface area contributed by atoms with Crippen molar-refractivity contribution in [2.75, 3.05) is 0 Å². The van der Waals surface area contributed by atoms with Gasteiger partial charge in [0.1, 0.15) is 11.2 Å². The summed E-state index contributed by atoms with van der Waals surface area (Å²) in [5.74, 6) is 1.81. The standard InChI is InChI=1S/C51H31N3OS/c1-3-11-32(12-4-1)33-21-25-37(26-22-33)50-52-49(36-13-5-2-6-14-36)53-51(54-50)39-30-42(48-41-16-7-9-17-44(41)55-45(48)31-39)35-23-19-34(20-24-35)38-27-28-47-43(29-38)40-15-8-10-18-46(40)56-47/h1-31H. The first-order chi connectivity index (χ1) is 27.7. The van der Waals surface area contributed by atoms with Crippen molar-refractivity contribution in [2.24, 2.45) is 0 Å². The van der Waals surface area contributed by atoms with Crippen molar-refractivity contribution in [3.05, 3.63) is 188 Å². The Morgan fingerprint density at radius 1 is 0.321 bits per heavy atom. The quantitative estimate of drug-likeness (QED) is 0.171. The van der Waals surface area contributed by atoms with E-state index in [1.54, 1.807) is 0 Å². The van der Waals surface area contributed by atoms with Gasteiger partial charge in [-0.1, -0.05) is 152 Å². The molecule has 0 bridgehead atoms. The van der Waals surface area contributed by atoms with Crippen LogP contribution in [0.4, 0.5) is 0 Å². The summed E-state index contributed by atoms with van der Waals surface area (Å²) in [5.41, 5.74) is 11.1. The van der Waals surface area contributed by atoms with Gasteiger partial charge in [0, 0.05) is 47.6 Å². The maximum absolute atomic E-state index is 6.55.